The van der Waals surface area contributed by atoms with Crippen LogP contribution in [0.25, 0.3) is 0 Å². The van der Waals surface area contributed by atoms with E-state index < -0.39 is 0 Å². The Morgan fingerprint density at radius 3 is 1.60 bits per heavy atom. The minimum absolute atomic E-state index is 0. The summed E-state index contributed by atoms with van der Waals surface area (Å²) in [7, 11) is 0. The van der Waals surface area contributed by atoms with E-state index in [-0.39, 0.29) is 52.0 Å². The molecule has 5 N–H and O–H groups in total. The van der Waals surface area contributed by atoms with Gasteiger partial charge in [0.15, 0.2) is 0 Å². The molecule has 2 nitrogen and oxygen atoms in total. The van der Waals surface area contributed by atoms with E-state index in [4.69, 9.17) is 5.73 Å². The van der Waals surface area contributed by atoms with Gasteiger partial charge in [0, 0.05) is 0 Å². The molecular formula is C5H16Cl2N2Pt. The van der Waals surface area contributed by atoms with E-state index in [0.29, 0.717) is 5.92 Å². The van der Waals surface area contributed by atoms with Crippen LogP contribution in [0.2, 0.25) is 0 Å². The molecule has 0 aromatic carbocycles. The first-order chi connectivity index (χ1) is 2.81. The predicted octanol–water partition coefficient (Wildman–Crippen LogP) is -4.84. The van der Waals surface area contributed by atoms with Gasteiger partial charge in [-0.05, 0) is 12.5 Å². The summed E-state index contributed by atoms with van der Waals surface area (Å²) in [5.41, 5.74) is 5.28. The van der Waals surface area contributed by atoms with Crippen molar-refractivity contribution in [3.8, 4) is 0 Å². The summed E-state index contributed by atoms with van der Waals surface area (Å²) in [5, 5.41) is 0. The van der Waals surface area contributed by atoms with Crippen LogP contribution < -0.4 is 36.7 Å². The van der Waals surface area contributed by atoms with Crippen LogP contribution in [-0.2, 0) is 21.1 Å². The van der Waals surface area contributed by atoms with Gasteiger partial charge >= 0.3 is 21.1 Å². The van der Waals surface area contributed by atoms with Gasteiger partial charge in [-0.1, -0.05) is 20.3 Å². The van der Waals surface area contributed by atoms with Gasteiger partial charge in [0.05, 0.1) is 0 Å². The molecule has 0 aliphatic rings. The fourth-order valence-electron chi connectivity index (χ4n) is 0.167. The summed E-state index contributed by atoms with van der Waals surface area (Å²) < 4.78 is 0. The van der Waals surface area contributed by atoms with Gasteiger partial charge in [0.2, 0.25) is 0 Å². The molecule has 1 atom stereocenters. The van der Waals surface area contributed by atoms with Crippen LogP contribution in [0.4, 0.5) is 0 Å². The third-order valence-corrected chi connectivity index (χ3v) is 1.10. The van der Waals surface area contributed by atoms with Gasteiger partial charge < -0.3 is 36.7 Å². The maximum absolute atomic E-state index is 5.28. The molecule has 1 unspecified atom stereocenters. The molecule has 0 radical (unpaired) electrons. The number of nitrogens with two attached hydrogens (primary N) is 1. The van der Waals surface area contributed by atoms with Crippen molar-refractivity contribution in [2.24, 2.45) is 11.7 Å². The second-order valence-electron chi connectivity index (χ2n) is 1.75. The fourth-order valence-corrected chi connectivity index (χ4v) is 0.167. The van der Waals surface area contributed by atoms with E-state index in [0.717, 1.165) is 6.54 Å². The van der Waals surface area contributed by atoms with Crippen molar-refractivity contribution in [3.05, 3.63) is 0 Å². The van der Waals surface area contributed by atoms with Crippen molar-refractivity contribution in [1.82, 2.24) is 6.15 Å². The summed E-state index contributed by atoms with van der Waals surface area (Å²) in [5.74, 6) is 0.713. The van der Waals surface area contributed by atoms with Crippen LogP contribution in [0.5, 0.6) is 0 Å². The maximum Gasteiger partial charge on any atom is 2.00 e. The Morgan fingerprint density at radius 1 is 1.30 bits per heavy atom. The number of halogens is 2. The Labute approximate surface area is 90.4 Å². The van der Waals surface area contributed by atoms with E-state index in [1.807, 2.05) is 0 Å². The SMILES string of the molecule is CCC(C)CN.N.[Cl-].[Cl-].[Pt+2]. The van der Waals surface area contributed by atoms with Crippen LogP contribution in [0, 0.1) is 5.92 Å². The van der Waals surface area contributed by atoms with E-state index in [9.17, 15) is 0 Å². The van der Waals surface area contributed by atoms with Crippen LogP contribution in [0.1, 0.15) is 20.3 Å². The monoisotopic (exact) mass is 369 g/mol. The molecule has 0 saturated carbocycles. The van der Waals surface area contributed by atoms with Crippen LogP contribution in [0.3, 0.4) is 0 Å². The van der Waals surface area contributed by atoms with Crippen molar-refractivity contribution in [2.75, 3.05) is 6.54 Å². The van der Waals surface area contributed by atoms with Crippen molar-refractivity contribution in [1.29, 1.82) is 0 Å². The minimum atomic E-state index is 0. The molecule has 0 aliphatic heterocycles. The number of hydrogen-bond donors (Lipinski definition) is 2. The third kappa shape index (κ3) is 22.9. The van der Waals surface area contributed by atoms with Crippen molar-refractivity contribution >= 4 is 0 Å². The molecule has 0 spiro atoms. The Bertz CT molecular complexity index is 36.8. The van der Waals surface area contributed by atoms with E-state index in [1.54, 1.807) is 0 Å². The molecule has 0 bridgehead atoms. The summed E-state index contributed by atoms with van der Waals surface area (Å²) in [6.45, 7) is 5.13. The Hall–Kier alpha value is 1.19. The van der Waals surface area contributed by atoms with Crippen molar-refractivity contribution < 1.29 is 45.9 Å². The fraction of sp³-hybridized carbons (Fsp3) is 1.00. The summed E-state index contributed by atoms with van der Waals surface area (Å²) >= 11 is 0. The number of hydrogen-bond acceptors (Lipinski definition) is 2. The van der Waals surface area contributed by atoms with Crippen LogP contribution >= 0.6 is 0 Å². The Balaban J connectivity index is -0.0000000208. The molecule has 5 heteroatoms. The minimum Gasteiger partial charge on any atom is -1.00 e. The zero-order valence-electron chi connectivity index (χ0n) is 6.35. The molecule has 0 saturated heterocycles. The number of rotatable bonds is 2. The molecule has 0 rings (SSSR count). The molecule has 0 aliphatic carbocycles. The van der Waals surface area contributed by atoms with Gasteiger partial charge in [-0.2, -0.15) is 0 Å². The zero-order chi connectivity index (χ0) is 4.99. The second-order valence-corrected chi connectivity index (χ2v) is 1.75. The summed E-state index contributed by atoms with van der Waals surface area (Å²) in [4.78, 5) is 0. The first kappa shape index (κ1) is 30.3. The quantitative estimate of drug-likeness (QED) is 0.513. The molecule has 0 fully saturated rings. The van der Waals surface area contributed by atoms with Gasteiger partial charge in [-0.3, -0.25) is 0 Å². The molecular weight excluding hydrogens is 354 g/mol. The molecule has 0 aromatic rings. The predicted molar refractivity (Wildman–Crippen MR) is 33.5 cm³/mol. The average molecular weight is 370 g/mol. The molecule has 10 heavy (non-hydrogen) atoms. The summed E-state index contributed by atoms with van der Waals surface area (Å²) in [6.07, 6.45) is 1.20. The van der Waals surface area contributed by atoms with Crippen LogP contribution in [-0.4, -0.2) is 6.54 Å². The Morgan fingerprint density at radius 2 is 1.60 bits per heavy atom. The Kier molecular flexibility index (Phi) is 68.1. The van der Waals surface area contributed by atoms with Gasteiger partial charge in [-0.25, -0.2) is 0 Å². The summed E-state index contributed by atoms with van der Waals surface area (Å²) in [6, 6.07) is 0. The third-order valence-electron chi connectivity index (χ3n) is 1.10. The van der Waals surface area contributed by atoms with Crippen molar-refractivity contribution in [2.45, 2.75) is 20.3 Å². The van der Waals surface area contributed by atoms with Gasteiger partial charge in [0.25, 0.3) is 0 Å². The molecule has 0 amide bonds. The largest absolute Gasteiger partial charge is 2.00 e. The molecule has 0 heterocycles. The van der Waals surface area contributed by atoms with Gasteiger partial charge in [0.1, 0.15) is 0 Å². The van der Waals surface area contributed by atoms with Crippen LogP contribution in [0.15, 0.2) is 0 Å². The topological polar surface area (TPSA) is 61.0 Å². The second kappa shape index (κ2) is 22.5. The average Bonchev–Trinajstić information content (AvgIpc) is 1.65. The van der Waals surface area contributed by atoms with E-state index in [2.05, 4.69) is 13.8 Å². The first-order valence-electron chi connectivity index (χ1n) is 2.51. The molecule has 70 valence electrons. The normalized spacial score (nSPS) is 8.70. The molecule has 0 aromatic heterocycles. The van der Waals surface area contributed by atoms with E-state index >= 15 is 0 Å². The first-order valence-corrected chi connectivity index (χ1v) is 2.51. The van der Waals surface area contributed by atoms with E-state index in [1.165, 1.54) is 6.42 Å². The smallest absolute Gasteiger partial charge is 1.00 e. The standard InChI is InChI=1S/C5H13N.2ClH.H3N.Pt/c1-3-5(2)4-6;;;;/h5H,3-4,6H2,1-2H3;2*1H;1H3;/q;;;;+2/p-2. The van der Waals surface area contributed by atoms with Gasteiger partial charge in [-0.15, -0.1) is 0 Å². The zero-order valence-corrected chi connectivity index (χ0v) is 10.1. The maximum atomic E-state index is 5.28. The van der Waals surface area contributed by atoms with Crippen molar-refractivity contribution in [3.63, 3.8) is 0 Å².